The second kappa shape index (κ2) is 7.68. The van der Waals surface area contributed by atoms with Crippen LogP contribution < -0.4 is 5.73 Å². The smallest absolute Gasteiger partial charge is 0.285 e. The fourth-order valence-electron chi connectivity index (χ4n) is 1.92. The monoisotopic (exact) mass is 334 g/mol. The van der Waals surface area contributed by atoms with E-state index in [0.717, 1.165) is 21.6 Å². The van der Waals surface area contributed by atoms with Gasteiger partial charge < -0.3 is 10.6 Å². The Balaban J connectivity index is 2.11. The summed E-state index contributed by atoms with van der Waals surface area (Å²) < 4.78 is 0. The summed E-state index contributed by atoms with van der Waals surface area (Å²) in [5.41, 5.74) is 9.15. The largest absolute Gasteiger partial charge is 0.339 e. The Morgan fingerprint density at radius 1 is 1.09 bits per heavy atom. The molecule has 5 heteroatoms. The highest BCUT2D eigenvalue weighted by Gasteiger charge is 2.07. The van der Waals surface area contributed by atoms with Crippen molar-refractivity contribution >= 4 is 28.6 Å². The SMILES string of the molecule is CN(C)C(=O)Sc1ccc(-c2ccc(C(N)CCl)cc2)cc1. The molecule has 0 saturated carbocycles. The summed E-state index contributed by atoms with van der Waals surface area (Å²) in [5, 5.41) is 0.0205. The minimum Gasteiger partial charge on any atom is -0.339 e. The Kier molecular flexibility index (Phi) is 5.89. The van der Waals surface area contributed by atoms with Crippen LogP contribution in [0, 0.1) is 0 Å². The lowest BCUT2D eigenvalue weighted by molar-refractivity contribution is 0.241. The minimum absolute atomic E-state index is 0.0205. The van der Waals surface area contributed by atoms with E-state index in [0.29, 0.717) is 5.88 Å². The number of carbonyl (C=O) groups excluding carboxylic acids is 1. The van der Waals surface area contributed by atoms with Gasteiger partial charge in [0.05, 0.1) is 0 Å². The summed E-state index contributed by atoms with van der Waals surface area (Å²) in [7, 11) is 3.49. The molecule has 0 aliphatic rings. The number of thioether (sulfide) groups is 1. The van der Waals surface area contributed by atoms with Gasteiger partial charge in [0.2, 0.25) is 0 Å². The van der Waals surface area contributed by atoms with E-state index in [-0.39, 0.29) is 11.3 Å². The molecule has 1 amide bonds. The maximum atomic E-state index is 11.7. The Morgan fingerprint density at radius 2 is 1.59 bits per heavy atom. The zero-order valence-corrected chi connectivity index (χ0v) is 14.2. The first-order valence-corrected chi connectivity index (χ1v) is 8.27. The molecule has 0 saturated heterocycles. The number of alkyl halides is 1. The first kappa shape index (κ1) is 16.9. The third-order valence-corrected chi connectivity index (χ3v) is 4.64. The van der Waals surface area contributed by atoms with Crippen molar-refractivity contribution < 1.29 is 4.79 Å². The maximum Gasteiger partial charge on any atom is 0.285 e. The van der Waals surface area contributed by atoms with E-state index in [9.17, 15) is 4.79 Å². The number of nitrogens with zero attached hydrogens (tertiary/aromatic N) is 1. The number of carbonyl (C=O) groups is 1. The van der Waals surface area contributed by atoms with Crippen LogP contribution in [0.3, 0.4) is 0 Å². The molecule has 2 N–H and O–H groups in total. The Labute approximate surface area is 140 Å². The standard InChI is InChI=1S/C17H19ClN2OS/c1-20(2)17(21)22-15-9-7-13(8-10-15)12-3-5-14(6-4-12)16(19)11-18/h3-10,16H,11,19H2,1-2H3. The van der Waals surface area contributed by atoms with Gasteiger partial charge in [-0.15, -0.1) is 11.6 Å². The quantitative estimate of drug-likeness (QED) is 0.667. The maximum absolute atomic E-state index is 11.7. The average Bonchev–Trinajstić information content (AvgIpc) is 2.55. The van der Waals surface area contributed by atoms with Crippen molar-refractivity contribution in [3.63, 3.8) is 0 Å². The van der Waals surface area contributed by atoms with E-state index in [4.69, 9.17) is 17.3 Å². The lowest BCUT2D eigenvalue weighted by atomic mass is 10.0. The molecule has 1 atom stereocenters. The van der Waals surface area contributed by atoms with Crippen molar-refractivity contribution in [2.75, 3.05) is 20.0 Å². The van der Waals surface area contributed by atoms with Crippen LogP contribution >= 0.6 is 23.4 Å². The van der Waals surface area contributed by atoms with Gasteiger partial charge in [-0.1, -0.05) is 36.4 Å². The van der Waals surface area contributed by atoms with Crippen LogP contribution in [0.25, 0.3) is 11.1 Å². The number of amides is 1. The molecular weight excluding hydrogens is 316 g/mol. The zero-order valence-electron chi connectivity index (χ0n) is 12.6. The highest BCUT2D eigenvalue weighted by Crippen LogP contribution is 2.26. The van der Waals surface area contributed by atoms with Gasteiger partial charge in [-0.2, -0.15) is 0 Å². The van der Waals surface area contributed by atoms with Crippen LogP contribution in [-0.4, -0.2) is 30.1 Å². The zero-order chi connectivity index (χ0) is 16.1. The lowest BCUT2D eigenvalue weighted by Crippen LogP contribution is -2.15. The predicted molar refractivity (Wildman–Crippen MR) is 94.5 cm³/mol. The molecule has 1 unspecified atom stereocenters. The molecule has 0 fully saturated rings. The van der Waals surface area contributed by atoms with Gasteiger partial charge in [0.25, 0.3) is 5.24 Å². The molecule has 2 aromatic rings. The van der Waals surface area contributed by atoms with Crippen LogP contribution in [0.15, 0.2) is 53.4 Å². The van der Waals surface area contributed by atoms with Crippen molar-refractivity contribution in [1.29, 1.82) is 0 Å². The van der Waals surface area contributed by atoms with Gasteiger partial charge in [0.15, 0.2) is 0 Å². The number of benzene rings is 2. The van der Waals surface area contributed by atoms with E-state index in [1.54, 1.807) is 19.0 Å². The van der Waals surface area contributed by atoms with Crippen molar-refractivity contribution in [3.8, 4) is 11.1 Å². The summed E-state index contributed by atoms with van der Waals surface area (Å²) in [6, 6.07) is 15.9. The highest BCUT2D eigenvalue weighted by molar-refractivity contribution is 8.13. The third kappa shape index (κ3) is 4.26. The second-order valence-corrected chi connectivity index (χ2v) is 6.50. The fraction of sp³-hybridized carbons (Fsp3) is 0.235. The molecule has 2 rings (SSSR count). The molecule has 0 spiro atoms. The topological polar surface area (TPSA) is 46.3 Å². The van der Waals surface area contributed by atoms with E-state index >= 15 is 0 Å². The number of hydrogen-bond acceptors (Lipinski definition) is 3. The van der Waals surface area contributed by atoms with Gasteiger partial charge in [-0.25, -0.2) is 0 Å². The molecule has 2 aromatic carbocycles. The number of hydrogen-bond donors (Lipinski definition) is 1. The fourth-order valence-corrected chi connectivity index (χ4v) is 2.75. The van der Waals surface area contributed by atoms with E-state index in [1.165, 1.54) is 11.8 Å². The van der Waals surface area contributed by atoms with Crippen LogP contribution in [0.2, 0.25) is 0 Å². The normalized spacial score (nSPS) is 12.0. The van der Waals surface area contributed by atoms with Crippen LogP contribution in [0.1, 0.15) is 11.6 Å². The molecule has 0 bridgehead atoms. The van der Waals surface area contributed by atoms with Gasteiger partial charge in [0.1, 0.15) is 0 Å². The number of nitrogens with two attached hydrogens (primary N) is 1. The van der Waals surface area contributed by atoms with Gasteiger partial charge in [0, 0.05) is 30.9 Å². The molecule has 3 nitrogen and oxygen atoms in total. The van der Waals surface area contributed by atoms with Gasteiger partial charge in [-0.05, 0) is 40.6 Å². The molecule has 116 valence electrons. The molecule has 0 aliphatic heterocycles. The lowest BCUT2D eigenvalue weighted by Gasteiger charge is -2.10. The van der Waals surface area contributed by atoms with Gasteiger partial charge in [-0.3, -0.25) is 4.79 Å². The molecule has 0 radical (unpaired) electrons. The first-order valence-electron chi connectivity index (χ1n) is 6.92. The van der Waals surface area contributed by atoms with Crippen LogP contribution in [0.5, 0.6) is 0 Å². The predicted octanol–water partition coefficient (Wildman–Crippen LogP) is 4.37. The van der Waals surface area contributed by atoms with E-state index in [2.05, 4.69) is 0 Å². The summed E-state index contributed by atoms with van der Waals surface area (Å²) in [6.07, 6.45) is 0. The Bertz CT molecular complexity index is 626. The summed E-state index contributed by atoms with van der Waals surface area (Å²) in [5.74, 6) is 0.408. The van der Waals surface area contributed by atoms with E-state index in [1.807, 2.05) is 48.5 Å². The van der Waals surface area contributed by atoms with Crippen molar-refractivity contribution in [1.82, 2.24) is 4.90 Å². The number of rotatable bonds is 4. The molecule has 0 aliphatic carbocycles. The second-order valence-electron chi connectivity index (χ2n) is 5.17. The minimum atomic E-state index is -0.133. The molecule has 22 heavy (non-hydrogen) atoms. The summed E-state index contributed by atoms with van der Waals surface area (Å²) in [6.45, 7) is 0. The van der Waals surface area contributed by atoms with Crippen molar-refractivity contribution in [2.24, 2.45) is 5.73 Å². The Morgan fingerprint density at radius 3 is 2.05 bits per heavy atom. The van der Waals surface area contributed by atoms with E-state index < -0.39 is 0 Å². The van der Waals surface area contributed by atoms with Crippen LogP contribution in [-0.2, 0) is 0 Å². The Hall–Kier alpha value is -1.49. The summed E-state index contributed by atoms with van der Waals surface area (Å²) in [4.78, 5) is 14.2. The summed E-state index contributed by atoms with van der Waals surface area (Å²) >= 11 is 6.99. The highest BCUT2D eigenvalue weighted by atomic mass is 35.5. The van der Waals surface area contributed by atoms with Crippen molar-refractivity contribution in [3.05, 3.63) is 54.1 Å². The van der Waals surface area contributed by atoms with Crippen molar-refractivity contribution in [2.45, 2.75) is 10.9 Å². The first-order chi connectivity index (χ1) is 10.5. The molecule has 0 aromatic heterocycles. The van der Waals surface area contributed by atoms with Crippen LogP contribution in [0.4, 0.5) is 4.79 Å². The molecule has 0 heterocycles. The van der Waals surface area contributed by atoms with Gasteiger partial charge >= 0.3 is 0 Å². The molecular formula is C17H19ClN2OS. The third-order valence-electron chi connectivity index (χ3n) is 3.26. The average molecular weight is 335 g/mol. The number of halogens is 1.